The van der Waals surface area contributed by atoms with Gasteiger partial charge in [-0.1, -0.05) is 58.9 Å². The largest absolute Gasteiger partial charge is 0.463 e. The second-order valence-electron chi connectivity index (χ2n) is 10.1. The fourth-order valence-electron chi connectivity index (χ4n) is 4.02. The second-order valence-corrected chi connectivity index (χ2v) is 10.1. The number of rotatable bonds is 8. The Bertz CT molecular complexity index is 876. The lowest BCUT2D eigenvalue weighted by Gasteiger charge is -2.37. The average molecular weight is 458 g/mol. The molecular formula is C26H39N3O4. The summed E-state index contributed by atoms with van der Waals surface area (Å²) in [6, 6.07) is 6.37. The molecule has 0 saturated carbocycles. The fraction of sp³-hybridized carbons (Fsp3) is 0.577. The van der Waals surface area contributed by atoms with Crippen LogP contribution in [0, 0.1) is 11.3 Å². The van der Waals surface area contributed by atoms with Crippen LogP contribution in [-0.2, 0) is 25.5 Å². The zero-order valence-corrected chi connectivity index (χ0v) is 21.2. The summed E-state index contributed by atoms with van der Waals surface area (Å²) < 4.78 is 5.09. The first-order valence-electron chi connectivity index (χ1n) is 11.6. The van der Waals surface area contributed by atoms with Crippen molar-refractivity contribution < 1.29 is 19.1 Å². The molecule has 7 heteroatoms. The van der Waals surface area contributed by atoms with E-state index in [4.69, 9.17) is 4.74 Å². The van der Waals surface area contributed by atoms with Crippen LogP contribution in [-0.4, -0.2) is 54.5 Å². The normalized spacial score (nSPS) is 17.6. The molecule has 0 aliphatic carbocycles. The number of hydrogen-bond donors (Lipinski definition) is 2. The summed E-state index contributed by atoms with van der Waals surface area (Å²) >= 11 is 0. The molecule has 182 valence electrons. The topological polar surface area (TPSA) is 87.7 Å². The lowest BCUT2D eigenvalue weighted by atomic mass is 9.85. The van der Waals surface area contributed by atoms with E-state index in [0.717, 1.165) is 11.3 Å². The Morgan fingerprint density at radius 1 is 1.24 bits per heavy atom. The average Bonchev–Trinajstić information content (AvgIpc) is 3.18. The van der Waals surface area contributed by atoms with Crippen LogP contribution in [0.5, 0.6) is 0 Å². The van der Waals surface area contributed by atoms with Gasteiger partial charge in [-0.2, -0.15) is 0 Å². The van der Waals surface area contributed by atoms with Crippen molar-refractivity contribution in [2.45, 2.75) is 73.0 Å². The van der Waals surface area contributed by atoms with E-state index in [-0.39, 0.29) is 23.8 Å². The molecule has 0 radical (unpaired) electrons. The minimum absolute atomic E-state index is 0.0608. The number of nitrogens with zero attached hydrogens (tertiary/aromatic N) is 1. The van der Waals surface area contributed by atoms with Crippen molar-refractivity contribution in [3.05, 3.63) is 41.5 Å². The summed E-state index contributed by atoms with van der Waals surface area (Å²) in [5, 5.41) is 6.25. The van der Waals surface area contributed by atoms with Crippen LogP contribution in [0.2, 0.25) is 0 Å². The number of benzene rings is 1. The third-order valence-corrected chi connectivity index (χ3v) is 5.98. The number of fused-ring (bicyclic) bond motifs is 1. The molecule has 0 fully saturated rings. The number of ether oxygens (including phenoxy) is 1. The number of amides is 2. The second kappa shape index (κ2) is 10.9. The molecule has 0 spiro atoms. The Labute approximate surface area is 197 Å². The van der Waals surface area contributed by atoms with Gasteiger partial charge in [0.25, 0.3) is 0 Å². The highest BCUT2D eigenvalue weighted by atomic mass is 16.5. The first-order chi connectivity index (χ1) is 15.4. The summed E-state index contributed by atoms with van der Waals surface area (Å²) in [4.78, 5) is 40.5. The van der Waals surface area contributed by atoms with Gasteiger partial charge >= 0.3 is 5.97 Å². The van der Waals surface area contributed by atoms with Crippen molar-refractivity contribution in [1.82, 2.24) is 10.2 Å². The molecule has 1 aliphatic rings. The molecule has 1 unspecified atom stereocenters. The maximum absolute atomic E-state index is 13.6. The van der Waals surface area contributed by atoms with Crippen LogP contribution in [0.1, 0.15) is 54.0 Å². The van der Waals surface area contributed by atoms with Gasteiger partial charge in [0.05, 0.1) is 12.6 Å². The van der Waals surface area contributed by atoms with Crippen LogP contribution in [0.15, 0.2) is 35.9 Å². The number of carbonyl (C=O) groups excluding carboxylic acids is 3. The van der Waals surface area contributed by atoms with E-state index in [1.54, 1.807) is 31.9 Å². The minimum atomic E-state index is -0.724. The number of esters is 1. The molecule has 0 aromatic heterocycles. The van der Waals surface area contributed by atoms with Crippen molar-refractivity contribution in [2.75, 3.05) is 19.0 Å². The molecule has 2 amide bonds. The predicted molar refractivity (Wildman–Crippen MR) is 131 cm³/mol. The fourth-order valence-corrected chi connectivity index (χ4v) is 4.02. The minimum Gasteiger partial charge on any atom is -0.463 e. The van der Waals surface area contributed by atoms with E-state index in [1.165, 1.54) is 0 Å². The Kier molecular flexibility index (Phi) is 8.69. The molecule has 2 rings (SSSR count). The van der Waals surface area contributed by atoms with Crippen LogP contribution in [0.25, 0.3) is 0 Å². The Balaban J connectivity index is 2.21. The highest BCUT2D eigenvalue weighted by Gasteiger charge is 2.39. The SMILES string of the molecule is CCOC(=O)C(C)=C[C@H](C(C)C)N(C)C(=O)[C@@H](NC(=O)C1Cc2ccccc2N1)C(C)(C)C. The molecule has 0 bridgehead atoms. The first kappa shape index (κ1) is 26.4. The van der Waals surface area contributed by atoms with Gasteiger partial charge in [0, 0.05) is 24.7 Å². The number of carbonyl (C=O) groups is 3. The molecule has 1 aliphatic heterocycles. The summed E-state index contributed by atoms with van der Waals surface area (Å²) in [6.07, 6.45) is 2.36. The molecule has 1 heterocycles. The molecule has 1 aromatic rings. The highest BCUT2D eigenvalue weighted by Crippen LogP contribution is 2.27. The number of anilines is 1. The van der Waals surface area contributed by atoms with Gasteiger partial charge in [-0.25, -0.2) is 4.79 Å². The molecule has 1 aromatic carbocycles. The Hall–Kier alpha value is -2.83. The van der Waals surface area contributed by atoms with Crippen LogP contribution in [0.4, 0.5) is 5.69 Å². The van der Waals surface area contributed by atoms with Crippen LogP contribution < -0.4 is 10.6 Å². The predicted octanol–water partition coefficient (Wildman–Crippen LogP) is 3.55. The number of para-hydroxylation sites is 1. The molecule has 2 N–H and O–H groups in total. The van der Waals surface area contributed by atoms with Crippen molar-refractivity contribution in [3.8, 4) is 0 Å². The molecule has 3 atom stereocenters. The smallest absolute Gasteiger partial charge is 0.333 e. The Morgan fingerprint density at radius 3 is 2.42 bits per heavy atom. The maximum Gasteiger partial charge on any atom is 0.333 e. The number of hydrogen-bond acceptors (Lipinski definition) is 5. The van der Waals surface area contributed by atoms with Crippen LogP contribution in [0.3, 0.4) is 0 Å². The van der Waals surface area contributed by atoms with Gasteiger partial charge in [-0.15, -0.1) is 0 Å². The Morgan fingerprint density at radius 2 is 1.88 bits per heavy atom. The maximum atomic E-state index is 13.6. The van der Waals surface area contributed by atoms with Gasteiger partial charge in [0.2, 0.25) is 11.8 Å². The van der Waals surface area contributed by atoms with Gasteiger partial charge in [0.15, 0.2) is 0 Å². The van der Waals surface area contributed by atoms with Crippen molar-refractivity contribution in [1.29, 1.82) is 0 Å². The molecule has 0 saturated heterocycles. The van der Waals surface area contributed by atoms with Gasteiger partial charge in [0.1, 0.15) is 12.1 Å². The van der Waals surface area contributed by atoms with Crippen LogP contribution >= 0.6 is 0 Å². The monoisotopic (exact) mass is 457 g/mol. The van der Waals surface area contributed by atoms with E-state index in [1.807, 2.05) is 58.9 Å². The zero-order valence-electron chi connectivity index (χ0n) is 21.2. The van der Waals surface area contributed by atoms with E-state index in [9.17, 15) is 14.4 Å². The van der Waals surface area contributed by atoms with E-state index in [0.29, 0.717) is 18.6 Å². The molecular weight excluding hydrogens is 418 g/mol. The third kappa shape index (κ3) is 6.59. The summed E-state index contributed by atoms with van der Waals surface area (Å²) in [6.45, 7) is 13.5. The van der Waals surface area contributed by atoms with E-state index >= 15 is 0 Å². The summed E-state index contributed by atoms with van der Waals surface area (Å²) in [5.74, 6) is -0.729. The van der Waals surface area contributed by atoms with E-state index < -0.39 is 23.5 Å². The van der Waals surface area contributed by atoms with Crippen molar-refractivity contribution in [2.24, 2.45) is 11.3 Å². The van der Waals surface area contributed by atoms with Gasteiger partial charge in [-0.05, 0) is 36.8 Å². The van der Waals surface area contributed by atoms with E-state index in [2.05, 4.69) is 10.6 Å². The number of likely N-dealkylation sites (N-methyl/N-ethyl adjacent to an activating group) is 1. The zero-order chi connectivity index (χ0) is 24.9. The third-order valence-electron chi connectivity index (χ3n) is 5.98. The highest BCUT2D eigenvalue weighted by molar-refractivity contribution is 5.93. The standard InChI is InChI=1S/C26H39N3O4/c1-9-33-25(32)17(4)14-21(16(2)3)29(8)24(31)22(26(5,6)7)28-23(30)20-15-18-12-10-11-13-19(18)27-20/h10-14,16,20-22,27H,9,15H2,1-8H3,(H,28,30)/t20?,21-,22-/m1/s1. The van der Waals surface area contributed by atoms with Crippen molar-refractivity contribution >= 4 is 23.5 Å². The first-order valence-corrected chi connectivity index (χ1v) is 11.6. The lowest BCUT2D eigenvalue weighted by molar-refractivity contribution is -0.140. The quantitative estimate of drug-likeness (QED) is 0.460. The summed E-state index contributed by atoms with van der Waals surface area (Å²) in [7, 11) is 1.72. The molecule has 33 heavy (non-hydrogen) atoms. The van der Waals surface area contributed by atoms with Crippen molar-refractivity contribution in [3.63, 3.8) is 0 Å². The summed E-state index contributed by atoms with van der Waals surface area (Å²) in [5.41, 5.74) is 1.99. The van der Waals surface area contributed by atoms with Gasteiger partial charge in [-0.3, -0.25) is 9.59 Å². The lowest BCUT2D eigenvalue weighted by Crippen LogP contribution is -2.58. The molecule has 7 nitrogen and oxygen atoms in total. The number of nitrogens with one attached hydrogen (secondary N) is 2. The van der Waals surface area contributed by atoms with Gasteiger partial charge < -0.3 is 20.3 Å².